The van der Waals surface area contributed by atoms with Gasteiger partial charge in [-0.05, 0) is 65.3 Å². The van der Waals surface area contributed by atoms with Gasteiger partial charge >= 0.3 is 0 Å². The Morgan fingerprint density at radius 3 is 2.54 bits per heavy atom. The first-order chi connectivity index (χ1) is 13.7. The van der Waals surface area contributed by atoms with Crippen molar-refractivity contribution >= 4 is 33.1 Å². The number of fused-ring (bicyclic) bond motifs is 1. The Hall–Kier alpha value is -3.33. The smallest absolute Gasteiger partial charge is 0.265 e. The zero-order valence-corrected chi connectivity index (χ0v) is 15.7. The number of amides is 1. The van der Waals surface area contributed by atoms with Crippen LogP contribution in [-0.4, -0.2) is 12.0 Å². The Morgan fingerprint density at radius 2 is 1.68 bits per heavy atom. The second kappa shape index (κ2) is 6.68. The number of aryl methyl sites for hydroxylation is 2. The molecule has 0 spiro atoms. The van der Waals surface area contributed by atoms with Crippen molar-refractivity contribution in [2.24, 2.45) is 0 Å². The molecule has 1 aliphatic rings. The molecule has 4 aromatic carbocycles. The van der Waals surface area contributed by atoms with Crippen molar-refractivity contribution in [3.8, 4) is 5.75 Å². The van der Waals surface area contributed by atoms with E-state index in [1.54, 1.807) is 6.92 Å². The van der Waals surface area contributed by atoms with Crippen LogP contribution in [0.5, 0.6) is 5.75 Å². The summed E-state index contributed by atoms with van der Waals surface area (Å²) in [4.78, 5) is 12.8. The number of rotatable bonds is 4. The first-order valence-corrected chi connectivity index (χ1v) is 9.69. The summed E-state index contributed by atoms with van der Waals surface area (Å²) < 4.78 is 5.92. The fourth-order valence-corrected chi connectivity index (χ4v) is 4.09. The van der Waals surface area contributed by atoms with Crippen molar-refractivity contribution in [3.63, 3.8) is 0 Å². The number of anilines is 1. The molecule has 0 aliphatic heterocycles. The van der Waals surface area contributed by atoms with Gasteiger partial charge in [0.05, 0.1) is 0 Å². The van der Waals surface area contributed by atoms with Gasteiger partial charge in [0.1, 0.15) is 5.75 Å². The second-order valence-corrected chi connectivity index (χ2v) is 7.37. The van der Waals surface area contributed by atoms with E-state index < -0.39 is 6.10 Å². The van der Waals surface area contributed by atoms with E-state index in [4.69, 9.17) is 4.74 Å². The van der Waals surface area contributed by atoms with E-state index in [0.29, 0.717) is 5.75 Å². The van der Waals surface area contributed by atoms with E-state index in [-0.39, 0.29) is 5.91 Å². The Labute approximate surface area is 163 Å². The molecule has 1 atom stereocenters. The van der Waals surface area contributed by atoms with Crippen molar-refractivity contribution in [1.29, 1.82) is 0 Å². The quantitative estimate of drug-likeness (QED) is 0.517. The van der Waals surface area contributed by atoms with Crippen LogP contribution in [0.1, 0.15) is 18.1 Å². The molecule has 0 radical (unpaired) electrons. The lowest BCUT2D eigenvalue weighted by Crippen LogP contribution is -2.30. The molecule has 0 bridgehead atoms. The van der Waals surface area contributed by atoms with Crippen LogP contribution < -0.4 is 10.1 Å². The minimum Gasteiger partial charge on any atom is -0.481 e. The Bertz CT molecular complexity index is 1200. The Morgan fingerprint density at radius 1 is 0.893 bits per heavy atom. The second-order valence-electron chi connectivity index (χ2n) is 7.37. The molecular formula is C25H21NO2. The van der Waals surface area contributed by atoms with E-state index in [9.17, 15) is 4.79 Å². The summed E-state index contributed by atoms with van der Waals surface area (Å²) in [6, 6.07) is 24.5. The molecular weight excluding hydrogens is 346 g/mol. The number of carbonyl (C=O) groups is 1. The molecule has 1 N–H and O–H groups in total. The SMILES string of the molecule is C[C@H](Oc1ccc2ccccc2c1)C(=O)Nc1ccc2c3c(cccc13)CC2. The summed E-state index contributed by atoms with van der Waals surface area (Å²) in [7, 11) is 0. The predicted molar refractivity (Wildman–Crippen MR) is 114 cm³/mol. The maximum absolute atomic E-state index is 12.8. The van der Waals surface area contributed by atoms with Gasteiger partial charge in [0, 0.05) is 11.1 Å². The molecule has 5 rings (SSSR count). The lowest BCUT2D eigenvalue weighted by atomic mass is 10.0. The van der Waals surface area contributed by atoms with E-state index >= 15 is 0 Å². The normalized spacial score (nSPS) is 13.6. The van der Waals surface area contributed by atoms with Gasteiger partial charge in [-0.3, -0.25) is 4.79 Å². The molecule has 0 aromatic heterocycles. The summed E-state index contributed by atoms with van der Waals surface area (Å²) in [6.07, 6.45) is 1.56. The maximum atomic E-state index is 12.8. The van der Waals surface area contributed by atoms with E-state index in [1.807, 2.05) is 42.5 Å². The molecule has 0 saturated heterocycles. The molecule has 3 nitrogen and oxygen atoms in total. The number of ether oxygens (including phenoxy) is 1. The molecule has 0 unspecified atom stereocenters. The minimum absolute atomic E-state index is 0.146. The maximum Gasteiger partial charge on any atom is 0.265 e. The van der Waals surface area contributed by atoms with Crippen LogP contribution >= 0.6 is 0 Å². The highest BCUT2D eigenvalue weighted by Gasteiger charge is 2.19. The lowest BCUT2D eigenvalue weighted by Gasteiger charge is -2.16. The van der Waals surface area contributed by atoms with E-state index in [1.165, 1.54) is 16.5 Å². The van der Waals surface area contributed by atoms with Gasteiger partial charge in [0.25, 0.3) is 5.91 Å². The Balaban J connectivity index is 1.37. The van der Waals surface area contributed by atoms with Gasteiger partial charge in [-0.25, -0.2) is 0 Å². The standard InChI is InChI=1S/C25H21NO2/c1-16(28-21-13-11-17-5-2-3-6-20(17)15-21)25(27)26-23-14-12-19-10-9-18-7-4-8-22(23)24(18)19/h2-8,11-16H,9-10H2,1H3,(H,26,27)/t16-/m0/s1. The summed E-state index contributed by atoms with van der Waals surface area (Å²) in [6.45, 7) is 1.78. The van der Waals surface area contributed by atoms with Crippen LogP contribution in [0.25, 0.3) is 21.5 Å². The molecule has 0 fully saturated rings. The van der Waals surface area contributed by atoms with Crippen LogP contribution in [-0.2, 0) is 17.6 Å². The summed E-state index contributed by atoms with van der Waals surface area (Å²) >= 11 is 0. The highest BCUT2D eigenvalue weighted by Crippen LogP contribution is 2.35. The highest BCUT2D eigenvalue weighted by molar-refractivity contribution is 6.06. The van der Waals surface area contributed by atoms with Crippen LogP contribution in [0.4, 0.5) is 5.69 Å². The molecule has 4 aromatic rings. The highest BCUT2D eigenvalue weighted by atomic mass is 16.5. The molecule has 138 valence electrons. The number of hydrogen-bond acceptors (Lipinski definition) is 2. The van der Waals surface area contributed by atoms with Crippen molar-refractivity contribution in [2.75, 3.05) is 5.32 Å². The number of hydrogen-bond donors (Lipinski definition) is 1. The van der Waals surface area contributed by atoms with Crippen LogP contribution in [0.15, 0.2) is 72.8 Å². The van der Waals surface area contributed by atoms with Crippen LogP contribution in [0.3, 0.4) is 0 Å². The van der Waals surface area contributed by atoms with Crippen LogP contribution in [0.2, 0.25) is 0 Å². The van der Waals surface area contributed by atoms with Crippen molar-refractivity contribution in [1.82, 2.24) is 0 Å². The van der Waals surface area contributed by atoms with Gasteiger partial charge in [0.2, 0.25) is 0 Å². The third-order valence-corrected chi connectivity index (χ3v) is 5.54. The van der Waals surface area contributed by atoms with Crippen molar-refractivity contribution < 1.29 is 9.53 Å². The molecule has 3 heteroatoms. The van der Waals surface area contributed by atoms with Gasteiger partial charge in [-0.2, -0.15) is 0 Å². The summed E-state index contributed by atoms with van der Waals surface area (Å²) in [5.74, 6) is 0.550. The zero-order chi connectivity index (χ0) is 19.1. The van der Waals surface area contributed by atoms with Gasteiger partial charge in [-0.15, -0.1) is 0 Å². The summed E-state index contributed by atoms with van der Waals surface area (Å²) in [5, 5.41) is 7.72. The fourth-order valence-electron chi connectivity index (χ4n) is 4.09. The zero-order valence-electron chi connectivity index (χ0n) is 15.7. The average Bonchev–Trinajstić information content (AvgIpc) is 3.14. The van der Waals surface area contributed by atoms with E-state index in [0.717, 1.165) is 34.7 Å². The minimum atomic E-state index is -0.593. The molecule has 28 heavy (non-hydrogen) atoms. The third kappa shape index (κ3) is 2.89. The molecule has 0 heterocycles. The van der Waals surface area contributed by atoms with Crippen molar-refractivity contribution in [3.05, 3.63) is 83.9 Å². The largest absolute Gasteiger partial charge is 0.481 e. The number of benzene rings is 4. The van der Waals surface area contributed by atoms with Crippen LogP contribution in [0, 0.1) is 0 Å². The van der Waals surface area contributed by atoms with E-state index in [2.05, 4.69) is 35.6 Å². The van der Waals surface area contributed by atoms with Gasteiger partial charge in [0.15, 0.2) is 6.10 Å². The van der Waals surface area contributed by atoms with Gasteiger partial charge < -0.3 is 10.1 Å². The van der Waals surface area contributed by atoms with Gasteiger partial charge in [-0.1, -0.05) is 54.6 Å². The topological polar surface area (TPSA) is 38.3 Å². The van der Waals surface area contributed by atoms with Crippen molar-refractivity contribution in [2.45, 2.75) is 25.9 Å². The predicted octanol–water partition coefficient (Wildman–Crippen LogP) is 5.50. The number of carbonyl (C=O) groups excluding carboxylic acids is 1. The third-order valence-electron chi connectivity index (χ3n) is 5.54. The lowest BCUT2D eigenvalue weighted by molar-refractivity contribution is -0.122. The molecule has 1 aliphatic carbocycles. The first kappa shape index (κ1) is 16.8. The fraction of sp³-hybridized carbons (Fsp3) is 0.160. The summed E-state index contributed by atoms with van der Waals surface area (Å²) in [5.41, 5.74) is 3.58. The average molecular weight is 367 g/mol. The molecule has 0 saturated carbocycles. The number of nitrogens with one attached hydrogen (secondary N) is 1. The molecule has 1 amide bonds. The monoisotopic (exact) mass is 367 g/mol. The Kier molecular flexibility index (Phi) is 4.01. The first-order valence-electron chi connectivity index (χ1n) is 9.69.